The van der Waals surface area contributed by atoms with Crippen LogP contribution in [0.3, 0.4) is 0 Å². The highest BCUT2D eigenvalue weighted by atomic mass is 35.5. The van der Waals surface area contributed by atoms with Crippen molar-refractivity contribution in [3.63, 3.8) is 0 Å². The van der Waals surface area contributed by atoms with Crippen molar-refractivity contribution in [1.29, 1.82) is 0 Å². The van der Waals surface area contributed by atoms with Gasteiger partial charge in [0, 0.05) is 25.8 Å². The number of aliphatic carboxylic acids is 1. The zero-order valence-electron chi connectivity index (χ0n) is 12.0. The summed E-state index contributed by atoms with van der Waals surface area (Å²) < 4.78 is 2.05. The standard InChI is InChI=1S/C14H17ClN4O2/c1-8-7-10-11(18(8)2)12(17-14(15)16-10)19-5-3-9(4-6-19)13(20)21/h7,9H,3-6H2,1-2H3,(H,20,21). The van der Waals surface area contributed by atoms with Crippen LogP contribution in [0.2, 0.25) is 5.28 Å². The normalized spacial score (nSPS) is 16.6. The number of fused-ring (bicyclic) bond motifs is 1. The number of carboxylic acid groups (broad SMARTS) is 1. The third-order valence-electron chi connectivity index (χ3n) is 4.22. The lowest BCUT2D eigenvalue weighted by molar-refractivity contribution is -0.142. The van der Waals surface area contributed by atoms with Crippen LogP contribution < -0.4 is 4.90 Å². The molecule has 1 aliphatic rings. The van der Waals surface area contributed by atoms with Crippen LogP contribution in [0.15, 0.2) is 6.07 Å². The summed E-state index contributed by atoms with van der Waals surface area (Å²) in [6.07, 6.45) is 1.25. The quantitative estimate of drug-likeness (QED) is 0.861. The Morgan fingerprint density at radius 3 is 2.67 bits per heavy atom. The maximum Gasteiger partial charge on any atom is 0.306 e. The summed E-state index contributed by atoms with van der Waals surface area (Å²) in [5.41, 5.74) is 2.86. The molecule has 0 atom stereocenters. The molecule has 0 saturated carbocycles. The van der Waals surface area contributed by atoms with Gasteiger partial charge in [0.25, 0.3) is 0 Å². The Balaban J connectivity index is 1.99. The van der Waals surface area contributed by atoms with Gasteiger partial charge in [-0.15, -0.1) is 0 Å². The first-order valence-electron chi connectivity index (χ1n) is 6.94. The number of carbonyl (C=O) groups is 1. The van der Waals surface area contributed by atoms with E-state index in [-0.39, 0.29) is 11.2 Å². The lowest BCUT2D eigenvalue weighted by Gasteiger charge is -2.31. The van der Waals surface area contributed by atoms with E-state index in [1.165, 1.54) is 0 Å². The van der Waals surface area contributed by atoms with E-state index in [4.69, 9.17) is 16.7 Å². The van der Waals surface area contributed by atoms with Crippen LogP contribution in [-0.2, 0) is 11.8 Å². The lowest BCUT2D eigenvalue weighted by Crippen LogP contribution is -2.37. The van der Waals surface area contributed by atoms with Crippen molar-refractivity contribution in [1.82, 2.24) is 14.5 Å². The molecular formula is C14H17ClN4O2. The second kappa shape index (κ2) is 5.18. The summed E-state index contributed by atoms with van der Waals surface area (Å²) in [6, 6.07) is 1.98. The van der Waals surface area contributed by atoms with Gasteiger partial charge in [-0.25, -0.2) is 4.98 Å². The number of nitrogens with zero attached hydrogens (tertiary/aromatic N) is 4. The van der Waals surface area contributed by atoms with E-state index in [0.717, 1.165) is 22.5 Å². The van der Waals surface area contributed by atoms with E-state index in [2.05, 4.69) is 14.9 Å². The van der Waals surface area contributed by atoms with Crippen molar-refractivity contribution in [2.24, 2.45) is 13.0 Å². The molecule has 1 saturated heterocycles. The number of hydrogen-bond acceptors (Lipinski definition) is 4. The average Bonchev–Trinajstić information content (AvgIpc) is 2.73. The number of aromatic nitrogens is 3. The second-order valence-corrected chi connectivity index (χ2v) is 5.83. The minimum atomic E-state index is -0.713. The highest BCUT2D eigenvalue weighted by Gasteiger charge is 2.27. The van der Waals surface area contributed by atoms with Crippen molar-refractivity contribution in [3.05, 3.63) is 17.0 Å². The highest BCUT2D eigenvalue weighted by Crippen LogP contribution is 2.30. The van der Waals surface area contributed by atoms with Gasteiger partial charge in [0.05, 0.1) is 11.4 Å². The van der Waals surface area contributed by atoms with Gasteiger partial charge in [-0.05, 0) is 37.4 Å². The van der Waals surface area contributed by atoms with Gasteiger partial charge in [0.2, 0.25) is 5.28 Å². The summed E-state index contributed by atoms with van der Waals surface area (Å²) in [6.45, 7) is 3.35. The molecule has 3 rings (SSSR count). The zero-order chi connectivity index (χ0) is 15.1. The molecule has 0 amide bonds. The molecule has 0 unspecified atom stereocenters. The fourth-order valence-corrected chi connectivity index (χ4v) is 3.06. The molecule has 2 aromatic rings. The number of carboxylic acids is 1. The minimum Gasteiger partial charge on any atom is -0.481 e. The van der Waals surface area contributed by atoms with Gasteiger partial charge in [-0.1, -0.05) is 0 Å². The van der Waals surface area contributed by atoms with Crippen molar-refractivity contribution in [3.8, 4) is 0 Å². The molecule has 0 bridgehead atoms. The molecule has 112 valence electrons. The molecule has 0 spiro atoms. The number of piperidine rings is 1. The van der Waals surface area contributed by atoms with Crippen molar-refractivity contribution < 1.29 is 9.90 Å². The fourth-order valence-electron chi connectivity index (χ4n) is 2.88. The average molecular weight is 309 g/mol. The molecule has 0 radical (unpaired) electrons. The van der Waals surface area contributed by atoms with Gasteiger partial charge < -0.3 is 14.6 Å². The Morgan fingerprint density at radius 1 is 1.38 bits per heavy atom. The summed E-state index contributed by atoms with van der Waals surface area (Å²) in [4.78, 5) is 21.8. The van der Waals surface area contributed by atoms with Crippen molar-refractivity contribution in [2.45, 2.75) is 19.8 Å². The van der Waals surface area contributed by atoms with E-state index in [9.17, 15) is 4.79 Å². The van der Waals surface area contributed by atoms with Crippen LogP contribution >= 0.6 is 11.6 Å². The number of aryl methyl sites for hydroxylation is 2. The monoisotopic (exact) mass is 308 g/mol. The molecule has 7 heteroatoms. The predicted molar refractivity (Wildman–Crippen MR) is 80.8 cm³/mol. The Morgan fingerprint density at radius 2 is 2.05 bits per heavy atom. The summed E-state index contributed by atoms with van der Waals surface area (Å²) in [5.74, 6) is -0.177. The van der Waals surface area contributed by atoms with Crippen molar-refractivity contribution in [2.75, 3.05) is 18.0 Å². The number of halogens is 1. The minimum absolute atomic E-state index is 0.225. The Kier molecular flexibility index (Phi) is 3.49. The number of hydrogen-bond donors (Lipinski definition) is 1. The third kappa shape index (κ3) is 2.44. The molecule has 3 heterocycles. The molecular weight excluding hydrogens is 292 g/mol. The van der Waals surface area contributed by atoms with Crippen LogP contribution in [0.25, 0.3) is 11.0 Å². The van der Waals surface area contributed by atoms with Crippen molar-refractivity contribution >= 4 is 34.4 Å². The van der Waals surface area contributed by atoms with Crippen LogP contribution in [0.4, 0.5) is 5.82 Å². The second-order valence-electron chi connectivity index (χ2n) is 5.49. The smallest absolute Gasteiger partial charge is 0.306 e. The first-order chi connectivity index (χ1) is 9.97. The lowest BCUT2D eigenvalue weighted by atomic mass is 9.97. The van der Waals surface area contributed by atoms with E-state index in [1.807, 2.05) is 24.6 Å². The summed E-state index contributed by atoms with van der Waals surface area (Å²) in [5, 5.41) is 9.31. The molecule has 0 aliphatic carbocycles. The van der Waals surface area contributed by atoms with Gasteiger partial charge in [-0.2, -0.15) is 4.98 Å². The molecule has 1 fully saturated rings. The summed E-state index contributed by atoms with van der Waals surface area (Å²) >= 11 is 6.03. The molecule has 0 aromatic carbocycles. The van der Waals surface area contributed by atoms with Gasteiger partial charge in [0.15, 0.2) is 5.82 Å². The SMILES string of the molecule is Cc1cc2nc(Cl)nc(N3CCC(C(=O)O)CC3)c2n1C. The maximum atomic E-state index is 11.1. The zero-order valence-corrected chi connectivity index (χ0v) is 12.8. The van der Waals surface area contributed by atoms with Gasteiger partial charge in [-0.3, -0.25) is 4.79 Å². The number of anilines is 1. The van der Waals surface area contributed by atoms with E-state index < -0.39 is 5.97 Å². The van der Waals surface area contributed by atoms with Crippen LogP contribution in [0.1, 0.15) is 18.5 Å². The third-order valence-corrected chi connectivity index (χ3v) is 4.39. The predicted octanol–water partition coefficient (Wildman–Crippen LogP) is 2.23. The molecule has 1 N–H and O–H groups in total. The molecule has 1 aliphatic heterocycles. The fraction of sp³-hybridized carbons (Fsp3) is 0.500. The Bertz CT molecular complexity index is 705. The Labute approximate surface area is 127 Å². The summed E-state index contributed by atoms with van der Waals surface area (Å²) in [7, 11) is 1.97. The van der Waals surface area contributed by atoms with E-state index >= 15 is 0 Å². The van der Waals surface area contributed by atoms with E-state index in [1.54, 1.807) is 0 Å². The topological polar surface area (TPSA) is 71.2 Å². The van der Waals surface area contributed by atoms with Gasteiger partial charge in [0.1, 0.15) is 5.52 Å². The molecule has 2 aromatic heterocycles. The Hall–Kier alpha value is -1.82. The van der Waals surface area contributed by atoms with E-state index in [0.29, 0.717) is 25.9 Å². The first-order valence-corrected chi connectivity index (χ1v) is 7.32. The largest absolute Gasteiger partial charge is 0.481 e. The van der Waals surface area contributed by atoms with Gasteiger partial charge >= 0.3 is 5.97 Å². The van der Waals surface area contributed by atoms with Crippen LogP contribution in [-0.4, -0.2) is 38.7 Å². The highest BCUT2D eigenvalue weighted by molar-refractivity contribution is 6.28. The molecule has 6 nitrogen and oxygen atoms in total. The first kappa shape index (κ1) is 14.1. The molecule has 21 heavy (non-hydrogen) atoms. The maximum absolute atomic E-state index is 11.1. The van der Waals surface area contributed by atoms with Crippen LogP contribution in [0, 0.1) is 12.8 Å². The number of rotatable bonds is 2. The van der Waals surface area contributed by atoms with Crippen LogP contribution in [0.5, 0.6) is 0 Å².